The van der Waals surface area contributed by atoms with Crippen molar-refractivity contribution in [3.05, 3.63) is 59.7 Å². The molecular formula is C17H21N3O. The van der Waals surface area contributed by atoms with Crippen molar-refractivity contribution in [2.24, 2.45) is 0 Å². The third-order valence-electron chi connectivity index (χ3n) is 3.18. The molecule has 0 unspecified atom stereocenters. The van der Waals surface area contributed by atoms with Crippen molar-refractivity contribution in [1.82, 2.24) is 4.90 Å². The van der Waals surface area contributed by atoms with Crippen molar-refractivity contribution in [3.8, 4) is 0 Å². The highest BCUT2D eigenvalue weighted by atomic mass is 16.2. The van der Waals surface area contributed by atoms with Crippen LogP contribution in [0.25, 0.3) is 0 Å². The number of carbonyl (C=O) groups excluding carboxylic acids is 1. The molecule has 110 valence electrons. The van der Waals surface area contributed by atoms with E-state index < -0.39 is 0 Å². The van der Waals surface area contributed by atoms with Gasteiger partial charge in [0.15, 0.2) is 0 Å². The Morgan fingerprint density at radius 1 is 1.10 bits per heavy atom. The van der Waals surface area contributed by atoms with Crippen molar-refractivity contribution in [3.63, 3.8) is 0 Å². The zero-order chi connectivity index (χ0) is 15.2. The monoisotopic (exact) mass is 283 g/mol. The smallest absolute Gasteiger partial charge is 0.238 e. The van der Waals surface area contributed by atoms with Gasteiger partial charge in [0, 0.05) is 17.9 Å². The first kappa shape index (κ1) is 15.1. The lowest BCUT2D eigenvalue weighted by atomic mass is 10.1. The number of rotatable bonds is 5. The van der Waals surface area contributed by atoms with Gasteiger partial charge in [0.1, 0.15) is 0 Å². The van der Waals surface area contributed by atoms with Crippen LogP contribution in [-0.4, -0.2) is 24.4 Å². The zero-order valence-corrected chi connectivity index (χ0v) is 12.5. The second-order valence-corrected chi connectivity index (χ2v) is 5.33. The van der Waals surface area contributed by atoms with E-state index in [9.17, 15) is 4.79 Å². The van der Waals surface area contributed by atoms with Crippen molar-refractivity contribution in [2.75, 3.05) is 24.6 Å². The molecule has 0 spiro atoms. The molecule has 1 amide bonds. The number of nitrogens with zero attached hydrogens (tertiary/aromatic N) is 1. The molecule has 0 atom stereocenters. The molecule has 4 heteroatoms. The first-order chi connectivity index (χ1) is 10.0. The average molecular weight is 283 g/mol. The molecule has 0 aliphatic carbocycles. The Bertz CT molecular complexity index is 590. The molecule has 21 heavy (non-hydrogen) atoms. The minimum absolute atomic E-state index is 0.0330. The Labute approximate surface area is 125 Å². The predicted molar refractivity (Wildman–Crippen MR) is 87.0 cm³/mol. The SMILES string of the molecule is Cc1ccc(CN(C)CC(=O)Nc2ccc(N)cc2)cc1. The van der Waals surface area contributed by atoms with Crippen LogP contribution in [-0.2, 0) is 11.3 Å². The molecular weight excluding hydrogens is 262 g/mol. The molecule has 0 saturated carbocycles. The van der Waals surface area contributed by atoms with Crippen LogP contribution in [0.5, 0.6) is 0 Å². The highest BCUT2D eigenvalue weighted by molar-refractivity contribution is 5.92. The maximum Gasteiger partial charge on any atom is 0.238 e. The Balaban J connectivity index is 1.84. The van der Waals surface area contributed by atoms with Crippen LogP contribution < -0.4 is 11.1 Å². The first-order valence-corrected chi connectivity index (χ1v) is 6.92. The second-order valence-electron chi connectivity index (χ2n) is 5.33. The lowest BCUT2D eigenvalue weighted by Gasteiger charge is -2.16. The number of carbonyl (C=O) groups is 1. The maximum atomic E-state index is 12.0. The van der Waals surface area contributed by atoms with Gasteiger partial charge in [-0.2, -0.15) is 0 Å². The van der Waals surface area contributed by atoms with Crippen LogP contribution in [0.3, 0.4) is 0 Å². The highest BCUT2D eigenvalue weighted by Gasteiger charge is 2.07. The molecule has 0 bridgehead atoms. The molecule has 0 fully saturated rings. The van der Waals surface area contributed by atoms with E-state index >= 15 is 0 Å². The summed E-state index contributed by atoms with van der Waals surface area (Å²) in [6, 6.07) is 15.5. The predicted octanol–water partition coefficient (Wildman–Crippen LogP) is 2.65. The van der Waals surface area contributed by atoms with E-state index in [1.54, 1.807) is 24.3 Å². The van der Waals surface area contributed by atoms with Crippen LogP contribution in [0.15, 0.2) is 48.5 Å². The fourth-order valence-electron chi connectivity index (χ4n) is 2.07. The van der Waals surface area contributed by atoms with Gasteiger partial charge in [-0.15, -0.1) is 0 Å². The molecule has 3 N–H and O–H groups in total. The third-order valence-corrected chi connectivity index (χ3v) is 3.18. The summed E-state index contributed by atoms with van der Waals surface area (Å²) in [5.41, 5.74) is 9.50. The Morgan fingerprint density at radius 2 is 1.71 bits per heavy atom. The van der Waals surface area contributed by atoms with Crippen LogP contribution in [0.1, 0.15) is 11.1 Å². The van der Waals surface area contributed by atoms with Crippen LogP contribution >= 0.6 is 0 Å². The summed E-state index contributed by atoms with van der Waals surface area (Å²) in [6.45, 7) is 3.15. The third kappa shape index (κ3) is 4.93. The van der Waals surface area contributed by atoms with Crippen LogP contribution in [0.2, 0.25) is 0 Å². The van der Waals surface area contributed by atoms with Gasteiger partial charge in [-0.25, -0.2) is 0 Å². The molecule has 0 aliphatic rings. The van der Waals surface area contributed by atoms with Crippen molar-refractivity contribution in [1.29, 1.82) is 0 Å². The van der Waals surface area contributed by atoms with Crippen molar-refractivity contribution in [2.45, 2.75) is 13.5 Å². The van der Waals surface area contributed by atoms with E-state index in [0.717, 1.165) is 12.2 Å². The number of hydrogen-bond donors (Lipinski definition) is 2. The molecule has 2 rings (SSSR count). The summed E-state index contributed by atoms with van der Waals surface area (Å²) in [5.74, 6) is -0.0330. The van der Waals surface area contributed by atoms with Gasteiger partial charge in [-0.05, 0) is 43.8 Å². The largest absolute Gasteiger partial charge is 0.399 e. The van der Waals surface area contributed by atoms with Gasteiger partial charge >= 0.3 is 0 Å². The van der Waals surface area contributed by atoms with Gasteiger partial charge in [0.05, 0.1) is 6.54 Å². The molecule has 4 nitrogen and oxygen atoms in total. The first-order valence-electron chi connectivity index (χ1n) is 6.92. The van der Waals surface area contributed by atoms with Crippen LogP contribution in [0, 0.1) is 6.92 Å². The lowest BCUT2D eigenvalue weighted by molar-refractivity contribution is -0.117. The number of nitrogens with two attached hydrogens (primary N) is 1. The van der Waals surface area contributed by atoms with E-state index in [2.05, 4.69) is 36.5 Å². The standard InChI is InChI=1S/C17H21N3O/c1-13-3-5-14(6-4-13)11-20(2)12-17(21)19-16-9-7-15(18)8-10-16/h3-10H,11-12,18H2,1-2H3,(H,19,21). The number of amides is 1. The number of hydrogen-bond acceptors (Lipinski definition) is 3. The summed E-state index contributed by atoms with van der Waals surface area (Å²) in [6.07, 6.45) is 0. The van der Waals surface area contributed by atoms with E-state index in [1.165, 1.54) is 11.1 Å². The summed E-state index contributed by atoms with van der Waals surface area (Å²) >= 11 is 0. The zero-order valence-electron chi connectivity index (χ0n) is 12.5. The van der Waals surface area contributed by atoms with Gasteiger partial charge in [-0.3, -0.25) is 9.69 Å². The van der Waals surface area contributed by atoms with Gasteiger partial charge < -0.3 is 11.1 Å². The summed E-state index contributed by atoms with van der Waals surface area (Å²) < 4.78 is 0. The van der Waals surface area contributed by atoms with Crippen LogP contribution in [0.4, 0.5) is 11.4 Å². The van der Waals surface area contributed by atoms with Gasteiger partial charge in [0.2, 0.25) is 5.91 Å². The molecule has 0 radical (unpaired) electrons. The topological polar surface area (TPSA) is 58.4 Å². The maximum absolute atomic E-state index is 12.0. The number of benzene rings is 2. The van der Waals surface area contributed by atoms with E-state index in [0.29, 0.717) is 12.2 Å². The molecule has 0 aromatic heterocycles. The lowest BCUT2D eigenvalue weighted by Crippen LogP contribution is -2.29. The molecule has 0 saturated heterocycles. The van der Waals surface area contributed by atoms with E-state index in [1.807, 2.05) is 11.9 Å². The number of likely N-dealkylation sites (N-methyl/N-ethyl adjacent to an activating group) is 1. The molecule has 0 aliphatic heterocycles. The quantitative estimate of drug-likeness (QED) is 0.829. The Morgan fingerprint density at radius 3 is 2.33 bits per heavy atom. The average Bonchev–Trinajstić information content (AvgIpc) is 2.44. The molecule has 2 aromatic rings. The Hall–Kier alpha value is -2.33. The fraction of sp³-hybridized carbons (Fsp3) is 0.235. The number of nitrogen functional groups attached to an aromatic ring is 1. The summed E-state index contributed by atoms with van der Waals surface area (Å²) in [5, 5.41) is 2.86. The van der Waals surface area contributed by atoms with E-state index in [-0.39, 0.29) is 5.91 Å². The number of nitrogens with one attached hydrogen (secondary N) is 1. The minimum atomic E-state index is -0.0330. The summed E-state index contributed by atoms with van der Waals surface area (Å²) in [7, 11) is 1.93. The van der Waals surface area contributed by atoms with Gasteiger partial charge in [0.25, 0.3) is 0 Å². The van der Waals surface area contributed by atoms with Gasteiger partial charge in [-0.1, -0.05) is 29.8 Å². The number of aryl methyl sites for hydroxylation is 1. The normalized spacial score (nSPS) is 10.6. The van der Waals surface area contributed by atoms with Crippen molar-refractivity contribution >= 4 is 17.3 Å². The highest BCUT2D eigenvalue weighted by Crippen LogP contribution is 2.11. The number of anilines is 2. The van der Waals surface area contributed by atoms with E-state index in [4.69, 9.17) is 5.73 Å². The fourth-order valence-corrected chi connectivity index (χ4v) is 2.07. The molecule has 2 aromatic carbocycles. The Kier molecular flexibility index (Phi) is 4.95. The molecule has 0 heterocycles. The van der Waals surface area contributed by atoms with Crippen molar-refractivity contribution < 1.29 is 4.79 Å². The second kappa shape index (κ2) is 6.90. The minimum Gasteiger partial charge on any atom is -0.399 e. The summed E-state index contributed by atoms with van der Waals surface area (Å²) in [4.78, 5) is 14.0.